The Kier molecular flexibility index (Phi) is 5.82. The molecule has 0 spiro atoms. The molecule has 1 aromatic rings. The van der Waals surface area contributed by atoms with E-state index in [-0.39, 0.29) is 12.0 Å². The molecule has 24 heavy (non-hydrogen) atoms. The van der Waals surface area contributed by atoms with Gasteiger partial charge in [0.15, 0.2) is 5.17 Å². The van der Waals surface area contributed by atoms with Crippen molar-refractivity contribution in [3.05, 3.63) is 24.3 Å². The summed E-state index contributed by atoms with van der Waals surface area (Å²) in [6, 6.07) is 7.97. The topological polar surface area (TPSA) is 41.9 Å². The monoisotopic (exact) mass is 346 g/mol. The van der Waals surface area contributed by atoms with E-state index in [0.29, 0.717) is 5.91 Å². The second-order valence-electron chi connectivity index (χ2n) is 6.51. The van der Waals surface area contributed by atoms with Gasteiger partial charge in [-0.2, -0.15) is 0 Å². The fraction of sp³-hybridized carbons (Fsp3) is 0.579. The van der Waals surface area contributed by atoms with Crippen LogP contribution in [-0.4, -0.2) is 34.9 Å². The lowest BCUT2D eigenvalue weighted by molar-refractivity contribution is -0.133. The predicted octanol–water partition coefficient (Wildman–Crippen LogP) is 4.62. The summed E-state index contributed by atoms with van der Waals surface area (Å²) in [5.41, 5.74) is 0.872. The molecule has 1 aromatic carbocycles. The predicted molar refractivity (Wildman–Crippen MR) is 100 cm³/mol. The number of carbonyl (C=O) groups is 1. The Balaban J connectivity index is 1.81. The molecule has 0 N–H and O–H groups in total. The van der Waals surface area contributed by atoms with Gasteiger partial charge in [-0.3, -0.25) is 9.69 Å². The minimum Gasteiger partial charge on any atom is -0.497 e. The Morgan fingerprint density at radius 2 is 1.96 bits per heavy atom. The molecule has 1 atom stereocenters. The van der Waals surface area contributed by atoms with E-state index in [1.54, 1.807) is 18.9 Å². The van der Waals surface area contributed by atoms with E-state index >= 15 is 0 Å². The summed E-state index contributed by atoms with van der Waals surface area (Å²) in [7, 11) is 1.66. The molecule has 130 valence electrons. The number of methoxy groups -OCH3 is 1. The fourth-order valence-corrected chi connectivity index (χ4v) is 4.72. The maximum Gasteiger partial charge on any atom is 0.231 e. The van der Waals surface area contributed by atoms with Crippen LogP contribution in [0.25, 0.3) is 0 Å². The first-order valence-corrected chi connectivity index (χ1v) is 9.90. The van der Waals surface area contributed by atoms with Crippen LogP contribution in [0.1, 0.15) is 45.4 Å². The number of hydrogen-bond donors (Lipinski definition) is 0. The fourth-order valence-electron chi connectivity index (χ4n) is 3.45. The Labute approximate surface area is 148 Å². The molecule has 1 saturated carbocycles. The van der Waals surface area contributed by atoms with Gasteiger partial charge in [0.25, 0.3) is 0 Å². The Hall–Kier alpha value is -1.49. The molecule has 0 aromatic heterocycles. The molecule has 2 aliphatic rings. The lowest BCUT2D eigenvalue weighted by Gasteiger charge is -2.29. The first kappa shape index (κ1) is 17.3. The molecule has 0 bridgehead atoms. The molecule has 4 nitrogen and oxygen atoms in total. The summed E-state index contributed by atoms with van der Waals surface area (Å²) >= 11 is 1.70. The van der Waals surface area contributed by atoms with Crippen LogP contribution in [0.5, 0.6) is 5.75 Å². The molecule has 0 radical (unpaired) electrons. The van der Waals surface area contributed by atoms with Gasteiger partial charge in [0.2, 0.25) is 5.91 Å². The molecule has 1 amide bonds. The van der Waals surface area contributed by atoms with Crippen molar-refractivity contribution in [1.82, 2.24) is 4.90 Å². The molecule has 1 saturated heterocycles. The molecule has 5 heteroatoms. The molecule has 1 heterocycles. The summed E-state index contributed by atoms with van der Waals surface area (Å²) in [4.78, 5) is 19.8. The molecule has 1 aliphatic heterocycles. The summed E-state index contributed by atoms with van der Waals surface area (Å²) in [6.07, 6.45) is 6.67. The van der Waals surface area contributed by atoms with E-state index in [4.69, 9.17) is 9.73 Å². The number of hydrogen-bond acceptors (Lipinski definition) is 4. The van der Waals surface area contributed by atoms with E-state index < -0.39 is 0 Å². The highest BCUT2D eigenvalue weighted by Gasteiger charge is 2.37. The minimum absolute atomic E-state index is 0.188. The van der Waals surface area contributed by atoms with Crippen LogP contribution in [0.3, 0.4) is 0 Å². The highest BCUT2D eigenvalue weighted by molar-refractivity contribution is 8.14. The average Bonchev–Trinajstić information content (AvgIpc) is 3.05. The van der Waals surface area contributed by atoms with Crippen molar-refractivity contribution in [2.24, 2.45) is 10.9 Å². The number of nitrogens with zero attached hydrogens (tertiary/aromatic N) is 2. The zero-order valence-electron chi connectivity index (χ0n) is 14.5. The first-order valence-electron chi connectivity index (χ1n) is 8.91. The van der Waals surface area contributed by atoms with Gasteiger partial charge in [-0.15, -0.1) is 0 Å². The van der Waals surface area contributed by atoms with Gasteiger partial charge in [-0.25, -0.2) is 4.99 Å². The SMILES string of the molecule is CCC1CSC(=Nc2ccc(OC)cc2)N1C(=O)C1CCCCC1. The number of benzene rings is 1. The first-order chi connectivity index (χ1) is 11.7. The second kappa shape index (κ2) is 8.06. The molecule has 2 fully saturated rings. The Bertz CT molecular complexity index is 594. The van der Waals surface area contributed by atoms with Crippen LogP contribution in [0.2, 0.25) is 0 Å². The summed E-state index contributed by atoms with van der Waals surface area (Å²) in [5, 5.41) is 0.864. The van der Waals surface area contributed by atoms with Crippen LogP contribution >= 0.6 is 11.8 Å². The smallest absolute Gasteiger partial charge is 0.231 e. The maximum absolute atomic E-state index is 13.1. The van der Waals surface area contributed by atoms with Gasteiger partial charge in [-0.1, -0.05) is 37.9 Å². The van der Waals surface area contributed by atoms with Gasteiger partial charge < -0.3 is 4.74 Å². The highest BCUT2D eigenvalue weighted by Crippen LogP contribution is 2.33. The van der Waals surface area contributed by atoms with Gasteiger partial charge in [0.1, 0.15) is 5.75 Å². The zero-order chi connectivity index (χ0) is 16.9. The normalized spacial score (nSPS) is 23.7. The third-order valence-corrected chi connectivity index (χ3v) is 6.03. The van der Waals surface area contributed by atoms with Gasteiger partial charge in [0, 0.05) is 17.7 Å². The van der Waals surface area contributed by atoms with Gasteiger partial charge >= 0.3 is 0 Å². The van der Waals surface area contributed by atoms with E-state index in [1.165, 1.54) is 19.3 Å². The van der Waals surface area contributed by atoms with Crippen LogP contribution in [0.4, 0.5) is 5.69 Å². The summed E-state index contributed by atoms with van der Waals surface area (Å²) in [6.45, 7) is 2.16. The number of aliphatic imine (C=N–C) groups is 1. The average molecular weight is 346 g/mol. The maximum atomic E-state index is 13.1. The van der Waals surface area contributed by atoms with E-state index in [0.717, 1.165) is 41.6 Å². The van der Waals surface area contributed by atoms with Gasteiger partial charge in [-0.05, 0) is 43.5 Å². The van der Waals surface area contributed by atoms with Crippen LogP contribution in [0, 0.1) is 5.92 Å². The third-order valence-electron chi connectivity index (χ3n) is 4.94. The Morgan fingerprint density at radius 1 is 1.25 bits per heavy atom. The van der Waals surface area contributed by atoms with Crippen molar-refractivity contribution in [2.75, 3.05) is 12.9 Å². The molecule has 1 unspecified atom stereocenters. The lowest BCUT2D eigenvalue weighted by Crippen LogP contribution is -2.43. The third kappa shape index (κ3) is 3.77. The van der Waals surface area contributed by atoms with E-state index in [2.05, 4.69) is 6.92 Å². The van der Waals surface area contributed by atoms with Crippen LogP contribution in [-0.2, 0) is 4.79 Å². The molecule has 3 rings (SSSR count). The van der Waals surface area contributed by atoms with E-state index in [9.17, 15) is 4.79 Å². The van der Waals surface area contributed by atoms with Gasteiger partial charge in [0.05, 0.1) is 12.8 Å². The number of rotatable bonds is 4. The van der Waals surface area contributed by atoms with Crippen molar-refractivity contribution in [2.45, 2.75) is 51.5 Å². The lowest BCUT2D eigenvalue weighted by atomic mass is 9.88. The number of amides is 1. The zero-order valence-corrected chi connectivity index (χ0v) is 15.3. The minimum atomic E-state index is 0.188. The Morgan fingerprint density at radius 3 is 2.58 bits per heavy atom. The molecular formula is C19H26N2O2S. The number of thioether (sulfide) groups is 1. The van der Waals surface area contributed by atoms with Crippen LogP contribution < -0.4 is 4.74 Å². The molecular weight excluding hydrogens is 320 g/mol. The largest absolute Gasteiger partial charge is 0.497 e. The highest BCUT2D eigenvalue weighted by atomic mass is 32.2. The van der Waals surface area contributed by atoms with Crippen molar-refractivity contribution < 1.29 is 9.53 Å². The summed E-state index contributed by atoms with van der Waals surface area (Å²) in [5.74, 6) is 2.25. The number of carbonyl (C=O) groups excluding carboxylic acids is 1. The number of ether oxygens (including phenoxy) is 1. The van der Waals surface area contributed by atoms with Crippen molar-refractivity contribution >= 4 is 28.5 Å². The quantitative estimate of drug-likeness (QED) is 0.799. The van der Waals surface area contributed by atoms with E-state index in [1.807, 2.05) is 29.2 Å². The van der Waals surface area contributed by atoms with Crippen molar-refractivity contribution in [3.63, 3.8) is 0 Å². The van der Waals surface area contributed by atoms with Crippen molar-refractivity contribution in [3.8, 4) is 5.75 Å². The second-order valence-corrected chi connectivity index (χ2v) is 7.50. The molecule has 1 aliphatic carbocycles. The standard InChI is InChI=1S/C19H26N2O2S/c1-3-16-13-24-19(20-15-9-11-17(23-2)12-10-15)21(16)18(22)14-7-5-4-6-8-14/h9-12,14,16H,3-8,13H2,1-2H3. The summed E-state index contributed by atoms with van der Waals surface area (Å²) < 4.78 is 5.19. The van der Waals surface area contributed by atoms with Crippen LogP contribution in [0.15, 0.2) is 29.3 Å². The van der Waals surface area contributed by atoms with Crippen molar-refractivity contribution in [1.29, 1.82) is 0 Å². The number of amidine groups is 1.